The molecular weight excluding hydrogens is 260 g/mol. The number of fused-ring (bicyclic) bond motifs is 1. The van der Waals surface area contributed by atoms with Gasteiger partial charge in [0.2, 0.25) is 0 Å². The van der Waals surface area contributed by atoms with Crippen molar-refractivity contribution in [2.45, 2.75) is 26.3 Å². The second-order valence-electron chi connectivity index (χ2n) is 4.86. The fraction of sp³-hybridized carbons (Fsp3) is 0.333. The Balaban J connectivity index is 2.14. The highest BCUT2D eigenvalue weighted by molar-refractivity contribution is 5.56. The fourth-order valence-electron chi connectivity index (χ4n) is 2.54. The first-order valence-electron chi connectivity index (χ1n) is 6.73. The standard InChI is InChI=1S/C15H15F2N3/c1-2-13-12-3-4-18-8-14(12)20-15(19-13)9-5-10(16)7-11(17)6-9/h5-7,18H,2-4,8H2,1H3. The van der Waals surface area contributed by atoms with E-state index in [1.165, 1.54) is 17.7 Å². The zero-order chi connectivity index (χ0) is 14.1. The normalized spacial score (nSPS) is 14.2. The van der Waals surface area contributed by atoms with Gasteiger partial charge >= 0.3 is 0 Å². The Morgan fingerprint density at radius 2 is 1.90 bits per heavy atom. The van der Waals surface area contributed by atoms with Gasteiger partial charge < -0.3 is 5.32 Å². The highest BCUT2D eigenvalue weighted by atomic mass is 19.1. The summed E-state index contributed by atoms with van der Waals surface area (Å²) in [6, 6.07) is 3.38. The van der Waals surface area contributed by atoms with Crippen LogP contribution in [0, 0.1) is 11.6 Å². The Kier molecular flexibility index (Phi) is 3.44. The number of aryl methyl sites for hydroxylation is 1. The van der Waals surface area contributed by atoms with E-state index in [-0.39, 0.29) is 0 Å². The van der Waals surface area contributed by atoms with E-state index in [1.807, 2.05) is 6.92 Å². The summed E-state index contributed by atoms with van der Waals surface area (Å²) < 4.78 is 26.7. The van der Waals surface area contributed by atoms with E-state index in [0.29, 0.717) is 17.9 Å². The van der Waals surface area contributed by atoms with Crippen LogP contribution in [0.15, 0.2) is 18.2 Å². The van der Waals surface area contributed by atoms with Crippen LogP contribution in [0.2, 0.25) is 0 Å². The maximum absolute atomic E-state index is 13.3. The first-order chi connectivity index (χ1) is 9.67. The van der Waals surface area contributed by atoms with Gasteiger partial charge in [-0.2, -0.15) is 0 Å². The van der Waals surface area contributed by atoms with Gasteiger partial charge in [-0.1, -0.05) is 6.92 Å². The van der Waals surface area contributed by atoms with Crippen LogP contribution < -0.4 is 5.32 Å². The van der Waals surface area contributed by atoms with Crippen LogP contribution in [0.3, 0.4) is 0 Å². The number of benzene rings is 1. The highest BCUT2D eigenvalue weighted by Gasteiger charge is 2.17. The number of aromatic nitrogens is 2. The predicted octanol–water partition coefficient (Wildman–Crippen LogP) is 2.63. The molecule has 0 aliphatic carbocycles. The van der Waals surface area contributed by atoms with E-state index in [2.05, 4.69) is 15.3 Å². The lowest BCUT2D eigenvalue weighted by Crippen LogP contribution is -2.26. The Bertz CT molecular complexity index is 618. The summed E-state index contributed by atoms with van der Waals surface area (Å²) in [5.41, 5.74) is 3.45. The average Bonchev–Trinajstić information content (AvgIpc) is 2.45. The van der Waals surface area contributed by atoms with E-state index in [0.717, 1.165) is 36.8 Å². The third kappa shape index (κ3) is 2.41. The zero-order valence-corrected chi connectivity index (χ0v) is 11.2. The summed E-state index contributed by atoms with van der Waals surface area (Å²) in [7, 11) is 0. The van der Waals surface area contributed by atoms with Crippen molar-refractivity contribution < 1.29 is 8.78 Å². The van der Waals surface area contributed by atoms with Crippen LogP contribution in [0.1, 0.15) is 23.9 Å². The Hall–Kier alpha value is -1.88. The second-order valence-corrected chi connectivity index (χ2v) is 4.86. The van der Waals surface area contributed by atoms with Crippen molar-refractivity contribution in [3.8, 4) is 11.4 Å². The number of nitrogens with zero attached hydrogens (tertiary/aromatic N) is 2. The second kappa shape index (κ2) is 5.25. The molecule has 3 nitrogen and oxygen atoms in total. The van der Waals surface area contributed by atoms with Gasteiger partial charge in [-0.25, -0.2) is 18.7 Å². The monoisotopic (exact) mass is 275 g/mol. The molecule has 0 saturated heterocycles. The summed E-state index contributed by atoms with van der Waals surface area (Å²) in [4.78, 5) is 8.95. The van der Waals surface area contributed by atoms with Gasteiger partial charge in [0.1, 0.15) is 11.6 Å². The molecule has 0 unspecified atom stereocenters. The molecule has 2 aromatic rings. The zero-order valence-electron chi connectivity index (χ0n) is 11.2. The van der Waals surface area contributed by atoms with Crippen molar-refractivity contribution in [2.75, 3.05) is 6.54 Å². The van der Waals surface area contributed by atoms with Crippen molar-refractivity contribution in [3.05, 3.63) is 46.8 Å². The number of rotatable bonds is 2. The first-order valence-corrected chi connectivity index (χ1v) is 6.73. The first kappa shape index (κ1) is 13.1. The van der Waals surface area contributed by atoms with E-state index in [1.54, 1.807) is 0 Å². The molecule has 1 aliphatic heterocycles. The fourth-order valence-corrected chi connectivity index (χ4v) is 2.54. The minimum Gasteiger partial charge on any atom is -0.311 e. The van der Waals surface area contributed by atoms with Gasteiger partial charge in [-0.15, -0.1) is 0 Å². The molecule has 0 saturated carbocycles. The summed E-state index contributed by atoms with van der Waals surface area (Å²) in [6.45, 7) is 3.62. The molecular formula is C15H15F2N3. The smallest absolute Gasteiger partial charge is 0.159 e. The summed E-state index contributed by atoms with van der Waals surface area (Å²) in [5.74, 6) is -0.835. The van der Waals surface area contributed by atoms with Crippen molar-refractivity contribution in [1.82, 2.24) is 15.3 Å². The molecule has 1 aliphatic rings. The molecule has 1 aromatic heterocycles. The molecule has 0 fully saturated rings. The number of nitrogens with one attached hydrogen (secondary N) is 1. The maximum Gasteiger partial charge on any atom is 0.159 e. The quantitative estimate of drug-likeness (QED) is 0.915. The Morgan fingerprint density at radius 3 is 2.60 bits per heavy atom. The van der Waals surface area contributed by atoms with Crippen LogP contribution in [0.5, 0.6) is 0 Å². The van der Waals surface area contributed by atoms with E-state index in [9.17, 15) is 8.78 Å². The molecule has 0 radical (unpaired) electrons. The maximum atomic E-state index is 13.3. The van der Waals surface area contributed by atoms with Crippen LogP contribution in [0.4, 0.5) is 8.78 Å². The van der Waals surface area contributed by atoms with Gasteiger partial charge in [0.15, 0.2) is 5.82 Å². The number of hydrogen-bond donors (Lipinski definition) is 1. The lowest BCUT2D eigenvalue weighted by Gasteiger charge is -2.19. The van der Waals surface area contributed by atoms with Crippen LogP contribution >= 0.6 is 0 Å². The molecule has 0 amide bonds. The topological polar surface area (TPSA) is 37.8 Å². The molecule has 0 bridgehead atoms. The lowest BCUT2D eigenvalue weighted by atomic mass is 10.0. The predicted molar refractivity (Wildman–Crippen MR) is 72.2 cm³/mol. The van der Waals surface area contributed by atoms with Gasteiger partial charge in [-0.05, 0) is 37.1 Å². The van der Waals surface area contributed by atoms with E-state index >= 15 is 0 Å². The van der Waals surface area contributed by atoms with Crippen LogP contribution in [-0.4, -0.2) is 16.5 Å². The van der Waals surface area contributed by atoms with Crippen molar-refractivity contribution in [2.24, 2.45) is 0 Å². The summed E-state index contributed by atoms with van der Waals surface area (Å²) in [5, 5.41) is 3.26. The van der Waals surface area contributed by atoms with E-state index < -0.39 is 11.6 Å². The largest absolute Gasteiger partial charge is 0.311 e. The lowest BCUT2D eigenvalue weighted by molar-refractivity contribution is 0.583. The molecule has 20 heavy (non-hydrogen) atoms. The molecule has 0 spiro atoms. The third-order valence-corrected chi connectivity index (χ3v) is 3.48. The Labute approximate surface area is 116 Å². The van der Waals surface area contributed by atoms with Gasteiger partial charge in [0.05, 0.1) is 5.69 Å². The third-order valence-electron chi connectivity index (χ3n) is 3.48. The molecule has 0 atom stereocenters. The van der Waals surface area contributed by atoms with Crippen molar-refractivity contribution >= 4 is 0 Å². The van der Waals surface area contributed by atoms with Crippen molar-refractivity contribution in [3.63, 3.8) is 0 Å². The SMILES string of the molecule is CCc1nc(-c2cc(F)cc(F)c2)nc2c1CCNC2. The number of halogens is 2. The molecule has 3 rings (SSSR count). The van der Waals surface area contributed by atoms with Gasteiger partial charge in [-0.3, -0.25) is 0 Å². The highest BCUT2D eigenvalue weighted by Crippen LogP contribution is 2.23. The minimum atomic E-state index is -0.613. The molecule has 2 heterocycles. The molecule has 1 N–H and O–H groups in total. The summed E-state index contributed by atoms with van der Waals surface area (Å²) >= 11 is 0. The van der Waals surface area contributed by atoms with Gasteiger partial charge in [0, 0.05) is 23.9 Å². The van der Waals surface area contributed by atoms with Crippen LogP contribution in [0.25, 0.3) is 11.4 Å². The van der Waals surface area contributed by atoms with Gasteiger partial charge in [0.25, 0.3) is 0 Å². The molecule has 104 valence electrons. The summed E-state index contributed by atoms with van der Waals surface area (Å²) in [6.07, 6.45) is 1.69. The number of hydrogen-bond acceptors (Lipinski definition) is 3. The molecule has 5 heteroatoms. The van der Waals surface area contributed by atoms with E-state index in [4.69, 9.17) is 0 Å². The average molecular weight is 275 g/mol. The molecule has 1 aromatic carbocycles. The minimum absolute atomic E-state index is 0.380. The van der Waals surface area contributed by atoms with Crippen LogP contribution in [-0.2, 0) is 19.4 Å². The Morgan fingerprint density at radius 1 is 1.15 bits per heavy atom. The van der Waals surface area contributed by atoms with Crippen molar-refractivity contribution in [1.29, 1.82) is 0 Å².